The number of likely N-dealkylation sites (N-methyl/N-ethyl adjacent to an activating group) is 1. The first-order valence-electron chi connectivity index (χ1n) is 6.42. The molecule has 4 nitrogen and oxygen atoms in total. The lowest BCUT2D eigenvalue weighted by Gasteiger charge is -2.33. The van der Waals surface area contributed by atoms with Crippen LogP contribution in [0.15, 0.2) is 0 Å². The first-order chi connectivity index (χ1) is 7.88. The fourth-order valence-electron chi connectivity index (χ4n) is 1.84. The third-order valence-corrected chi connectivity index (χ3v) is 3.58. The molecule has 0 radical (unpaired) electrons. The van der Waals surface area contributed by atoms with E-state index < -0.39 is 0 Å². The van der Waals surface area contributed by atoms with Crippen LogP contribution in [0.3, 0.4) is 0 Å². The van der Waals surface area contributed by atoms with Gasteiger partial charge in [0.2, 0.25) is 0 Å². The lowest BCUT2D eigenvalue weighted by Crippen LogP contribution is -2.47. The molecule has 0 aromatic carbocycles. The SMILES string of the molecule is CCN(CCC(N)C(C)(C)OC)C(C)COC. The Morgan fingerprint density at radius 2 is 1.88 bits per heavy atom. The summed E-state index contributed by atoms with van der Waals surface area (Å²) >= 11 is 0. The lowest BCUT2D eigenvalue weighted by atomic mass is 9.96. The Hall–Kier alpha value is -0.160. The zero-order chi connectivity index (χ0) is 13.5. The molecular formula is C13H30N2O2. The van der Waals surface area contributed by atoms with E-state index in [0.717, 1.165) is 26.1 Å². The number of methoxy groups -OCH3 is 2. The van der Waals surface area contributed by atoms with Crippen molar-refractivity contribution in [3.8, 4) is 0 Å². The second-order valence-corrected chi connectivity index (χ2v) is 5.14. The van der Waals surface area contributed by atoms with Crippen molar-refractivity contribution in [2.75, 3.05) is 33.9 Å². The molecule has 0 aromatic heterocycles. The number of ether oxygens (including phenoxy) is 2. The van der Waals surface area contributed by atoms with Crippen LogP contribution in [0.2, 0.25) is 0 Å². The van der Waals surface area contributed by atoms with Gasteiger partial charge in [0.1, 0.15) is 0 Å². The highest BCUT2D eigenvalue weighted by Gasteiger charge is 2.26. The summed E-state index contributed by atoms with van der Waals surface area (Å²) in [5, 5.41) is 0. The van der Waals surface area contributed by atoms with Gasteiger partial charge < -0.3 is 15.2 Å². The molecule has 0 rings (SSSR count). The molecule has 0 aliphatic heterocycles. The van der Waals surface area contributed by atoms with E-state index in [9.17, 15) is 0 Å². The highest BCUT2D eigenvalue weighted by atomic mass is 16.5. The average Bonchev–Trinajstić information content (AvgIpc) is 2.29. The highest BCUT2D eigenvalue weighted by molar-refractivity contribution is 4.83. The number of rotatable bonds is 9. The maximum absolute atomic E-state index is 6.16. The summed E-state index contributed by atoms with van der Waals surface area (Å²) in [5.74, 6) is 0. The van der Waals surface area contributed by atoms with Gasteiger partial charge in [-0.3, -0.25) is 4.90 Å². The van der Waals surface area contributed by atoms with Crippen LogP contribution in [0.25, 0.3) is 0 Å². The predicted octanol–water partition coefficient (Wildman–Crippen LogP) is 1.49. The summed E-state index contributed by atoms with van der Waals surface area (Å²) in [6.45, 7) is 11.2. The van der Waals surface area contributed by atoms with Crippen LogP contribution in [0, 0.1) is 0 Å². The molecule has 0 saturated heterocycles. The lowest BCUT2D eigenvalue weighted by molar-refractivity contribution is -0.00553. The Labute approximate surface area is 106 Å². The minimum Gasteiger partial charge on any atom is -0.383 e. The van der Waals surface area contributed by atoms with E-state index in [1.54, 1.807) is 14.2 Å². The zero-order valence-electron chi connectivity index (χ0n) is 12.3. The van der Waals surface area contributed by atoms with Crippen molar-refractivity contribution in [3.05, 3.63) is 0 Å². The van der Waals surface area contributed by atoms with Crippen LogP contribution in [0.5, 0.6) is 0 Å². The van der Waals surface area contributed by atoms with Gasteiger partial charge in [-0.2, -0.15) is 0 Å². The van der Waals surface area contributed by atoms with Crippen LogP contribution >= 0.6 is 0 Å². The molecule has 17 heavy (non-hydrogen) atoms. The molecular weight excluding hydrogens is 216 g/mol. The molecule has 0 fully saturated rings. The third-order valence-electron chi connectivity index (χ3n) is 3.58. The van der Waals surface area contributed by atoms with E-state index in [1.165, 1.54) is 0 Å². The van der Waals surface area contributed by atoms with Crippen LogP contribution in [0.4, 0.5) is 0 Å². The number of hydrogen-bond acceptors (Lipinski definition) is 4. The summed E-state index contributed by atoms with van der Waals surface area (Å²) in [7, 11) is 3.45. The van der Waals surface area contributed by atoms with Crippen molar-refractivity contribution in [2.45, 2.75) is 51.8 Å². The predicted molar refractivity (Wildman–Crippen MR) is 72.3 cm³/mol. The van der Waals surface area contributed by atoms with Crippen LogP contribution in [-0.2, 0) is 9.47 Å². The van der Waals surface area contributed by atoms with E-state index in [4.69, 9.17) is 15.2 Å². The molecule has 0 spiro atoms. The topological polar surface area (TPSA) is 47.7 Å². The molecule has 0 heterocycles. The second kappa shape index (κ2) is 8.03. The Kier molecular flexibility index (Phi) is 7.96. The van der Waals surface area contributed by atoms with Gasteiger partial charge in [-0.15, -0.1) is 0 Å². The summed E-state index contributed by atoms with van der Waals surface area (Å²) < 4.78 is 10.6. The van der Waals surface area contributed by atoms with E-state index in [2.05, 4.69) is 18.7 Å². The smallest absolute Gasteiger partial charge is 0.0773 e. The molecule has 0 saturated carbocycles. The van der Waals surface area contributed by atoms with Crippen LogP contribution < -0.4 is 5.73 Å². The average molecular weight is 246 g/mol. The molecule has 0 amide bonds. The van der Waals surface area contributed by atoms with Gasteiger partial charge in [0.25, 0.3) is 0 Å². The summed E-state index contributed by atoms with van der Waals surface area (Å²) in [5.41, 5.74) is 5.90. The Balaban J connectivity index is 4.14. The van der Waals surface area contributed by atoms with E-state index >= 15 is 0 Å². The van der Waals surface area contributed by atoms with Crippen molar-refractivity contribution in [2.24, 2.45) is 5.73 Å². The Morgan fingerprint density at radius 1 is 1.29 bits per heavy atom. The van der Waals surface area contributed by atoms with Gasteiger partial charge in [-0.05, 0) is 33.7 Å². The fourth-order valence-corrected chi connectivity index (χ4v) is 1.84. The molecule has 0 bridgehead atoms. The largest absolute Gasteiger partial charge is 0.383 e. The van der Waals surface area contributed by atoms with Crippen molar-refractivity contribution in [1.29, 1.82) is 0 Å². The van der Waals surface area contributed by atoms with Gasteiger partial charge in [-0.25, -0.2) is 0 Å². The zero-order valence-corrected chi connectivity index (χ0v) is 12.3. The van der Waals surface area contributed by atoms with Gasteiger partial charge in [0.05, 0.1) is 12.2 Å². The Bertz CT molecular complexity index is 198. The minimum atomic E-state index is -0.260. The van der Waals surface area contributed by atoms with Crippen LogP contribution in [0.1, 0.15) is 34.1 Å². The molecule has 104 valence electrons. The fraction of sp³-hybridized carbons (Fsp3) is 1.00. The molecule has 0 aromatic rings. The summed E-state index contributed by atoms with van der Waals surface area (Å²) in [6.07, 6.45) is 0.933. The third kappa shape index (κ3) is 5.82. The van der Waals surface area contributed by atoms with E-state index in [-0.39, 0.29) is 11.6 Å². The standard InChI is InChI=1S/C13H30N2O2/c1-7-15(11(2)10-16-5)9-8-12(14)13(3,4)17-6/h11-12H,7-10,14H2,1-6H3. The van der Waals surface area contributed by atoms with E-state index in [1.807, 2.05) is 13.8 Å². The normalized spacial score (nSPS) is 16.2. The van der Waals surface area contributed by atoms with Crippen molar-refractivity contribution in [1.82, 2.24) is 4.90 Å². The molecule has 2 unspecified atom stereocenters. The number of hydrogen-bond donors (Lipinski definition) is 1. The minimum absolute atomic E-state index is 0.0521. The van der Waals surface area contributed by atoms with Gasteiger partial charge in [-0.1, -0.05) is 6.92 Å². The number of nitrogens with two attached hydrogens (primary N) is 1. The maximum Gasteiger partial charge on any atom is 0.0773 e. The van der Waals surface area contributed by atoms with Gasteiger partial charge in [0.15, 0.2) is 0 Å². The van der Waals surface area contributed by atoms with Crippen molar-refractivity contribution in [3.63, 3.8) is 0 Å². The molecule has 0 aliphatic carbocycles. The summed E-state index contributed by atoms with van der Waals surface area (Å²) in [6, 6.07) is 0.485. The first-order valence-corrected chi connectivity index (χ1v) is 6.42. The first kappa shape index (κ1) is 16.8. The van der Waals surface area contributed by atoms with Crippen molar-refractivity contribution >= 4 is 0 Å². The van der Waals surface area contributed by atoms with Crippen molar-refractivity contribution < 1.29 is 9.47 Å². The quantitative estimate of drug-likeness (QED) is 0.669. The Morgan fingerprint density at radius 3 is 2.29 bits per heavy atom. The monoisotopic (exact) mass is 246 g/mol. The molecule has 2 atom stereocenters. The summed E-state index contributed by atoms with van der Waals surface area (Å²) in [4.78, 5) is 2.38. The molecule has 0 aliphatic rings. The number of nitrogens with zero attached hydrogens (tertiary/aromatic N) is 1. The van der Waals surface area contributed by atoms with E-state index in [0.29, 0.717) is 6.04 Å². The maximum atomic E-state index is 6.16. The molecule has 4 heteroatoms. The highest BCUT2D eigenvalue weighted by Crippen LogP contribution is 2.15. The van der Waals surface area contributed by atoms with Crippen LogP contribution in [-0.4, -0.2) is 56.5 Å². The van der Waals surface area contributed by atoms with Gasteiger partial charge >= 0.3 is 0 Å². The van der Waals surface area contributed by atoms with Gasteiger partial charge in [0, 0.05) is 32.8 Å². The second-order valence-electron chi connectivity index (χ2n) is 5.14. The molecule has 2 N–H and O–H groups in total.